The zero-order valence-electron chi connectivity index (χ0n) is 17.9. The summed E-state index contributed by atoms with van der Waals surface area (Å²) in [5.41, 5.74) is 1.33. The number of likely N-dealkylation sites (tertiary alicyclic amines) is 2. The minimum atomic E-state index is -0.564. The van der Waals surface area contributed by atoms with Crippen LogP contribution in [0.1, 0.15) is 61.5 Å². The van der Waals surface area contributed by atoms with Crippen molar-refractivity contribution in [2.24, 2.45) is 11.3 Å². The molecule has 2 aliphatic heterocycles. The van der Waals surface area contributed by atoms with E-state index in [4.69, 9.17) is 0 Å². The molecule has 7 nitrogen and oxygen atoms in total. The normalized spacial score (nSPS) is 26.5. The van der Waals surface area contributed by atoms with Crippen LogP contribution in [0, 0.1) is 18.3 Å². The highest BCUT2D eigenvalue weighted by atomic mass is 32.1. The number of rotatable bonds is 5. The van der Waals surface area contributed by atoms with Crippen molar-refractivity contribution in [1.29, 1.82) is 0 Å². The van der Waals surface area contributed by atoms with Gasteiger partial charge in [0.15, 0.2) is 0 Å². The summed E-state index contributed by atoms with van der Waals surface area (Å²) in [4.78, 5) is 39.7. The number of nitrogens with zero attached hydrogens (tertiary/aromatic N) is 5. The molecule has 1 aliphatic carbocycles. The maximum atomic E-state index is 13.7. The second-order valence-corrected chi connectivity index (χ2v) is 10.4. The van der Waals surface area contributed by atoms with Crippen LogP contribution in [0.4, 0.5) is 0 Å². The van der Waals surface area contributed by atoms with Gasteiger partial charge in [-0.1, -0.05) is 0 Å². The number of carbonyl (C=O) groups is 2. The van der Waals surface area contributed by atoms with Crippen LogP contribution in [0.3, 0.4) is 0 Å². The van der Waals surface area contributed by atoms with Gasteiger partial charge in [0.05, 0.1) is 34.7 Å². The molecule has 2 atom stereocenters. The maximum absolute atomic E-state index is 13.7. The smallest absolute Gasteiger partial charge is 0.231 e. The van der Waals surface area contributed by atoms with Crippen LogP contribution in [0.5, 0.6) is 0 Å². The quantitative estimate of drug-likeness (QED) is 0.735. The fourth-order valence-corrected chi connectivity index (χ4v) is 5.62. The lowest BCUT2D eigenvalue weighted by atomic mass is 9.75. The third-order valence-corrected chi connectivity index (χ3v) is 7.74. The van der Waals surface area contributed by atoms with Crippen molar-refractivity contribution in [2.75, 3.05) is 19.6 Å². The minimum Gasteiger partial charge on any atom is -0.341 e. The number of hydrogen-bond acceptors (Lipinski definition) is 5. The van der Waals surface area contributed by atoms with Crippen LogP contribution in [0.2, 0.25) is 0 Å². The van der Waals surface area contributed by atoms with Crippen LogP contribution >= 0.6 is 11.3 Å². The lowest BCUT2D eigenvalue weighted by molar-refractivity contribution is -0.137. The molecular weight excluding hydrogens is 398 g/mol. The lowest BCUT2D eigenvalue weighted by Crippen LogP contribution is -2.40. The summed E-state index contributed by atoms with van der Waals surface area (Å²) in [6.07, 6.45) is 6.66. The highest BCUT2D eigenvalue weighted by Gasteiger charge is 2.59. The second kappa shape index (κ2) is 7.18. The topological polar surface area (TPSA) is 71.3 Å². The molecule has 2 aromatic rings. The average Bonchev–Trinajstić information content (AvgIpc) is 3.05. The summed E-state index contributed by atoms with van der Waals surface area (Å²) in [6, 6.07) is 0.316. The van der Waals surface area contributed by atoms with E-state index in [9.17, 15) is 9.59 Å². The molecule has 3 aliphatic rings. The average molecular weight is 428 g/mol. The van der Waals surface area contributed by atoms with Crippen LogP contribution in [0.15, 0.2) is 17.9 Å². The molecule has 0 unspecified atom stereocenters. The van der Waals surface area contributed by atoms with E-state index in [-0.39, 0.29) is 23.7 Å². The summed E-state index contributed by atoms with van der Waals surface area (Å²) in [5, 5.41) is 3.05. The second-order valence-electron chi connectivity index (χ2n) is 9.38. The van der Waals surface area contributed by atoms with Crippen molar-refractivity contribution in [3.8, 4) is 0 Å². The Morgan fingerprint density at radius 3 is 2.80 bits per heavy atom. The Morgan fingerprint density at radius 1 is 1.37 bits per heavy atom. The van der Waals surface area contributed by atoms with Crippen molar-refractivity contribution >= 4 is 23.2 Å². The maximum Gasteiger partial charge on any atom is 0.231 e. The predicted octanol–water partition coefficient (Wildman–Crippen LogP) is 2.98. The van der Waals surface area contributed by atoms with E-state index in [0.29, 0.717) is 32.2 Å². The van der Waals surface area contributed by atoms with Gasteiger partial charge < -0.3 is 14.4 Å². The Balaban J connectivity index is 1.44. The number of aromatic nitrogens is 3. The monoisotopic (exact) mass is 427 g/mol. The molecule has 2 saturated heterocycles. The molecule has 3 fully saturated rings. The van der Waals surface area contributed by atoms with Gasteiger partial charge in [0, 0.05) is 49.1 Å². The van der Waals surface area contributed by atoms with Gasteiger partial charge in [-0.05, 0) is 40.0 Å². The first-order valence-electron chi connectivity index (χ1n) is 10.9. The molecule has 5 rings (SSSR count). The fourth-order valence-electron chi connectivity index (χ4n) is 5.01. The van der Waals surface area contributed by atoms with E-state index in [0.717, 1.165) is 35.7 Å². The van der Waals surface area contributed by atoms with Crippen molar-refractivity contribution in [3.63, 3.8) is 0 Å². The third-order valence-electron chi connectivity index (χ3n) is 6.92. The number of aryl methyl sites for hydroxylation is 1. The van der Waals surface area contributed by atoms with E-state index < -0.39 is 5.41 Å². The predicted molar refractivity (Wildman–Crippen MR) is 114 cm³/mol. The standard InChI is InChI=1S/C22H29N5O2S/c1-14(2)27-10-19(23-13-27)18-9-26(20(28)16-4-5-16)12-22(18)6-7-25(21(22)29)8-17-11-30-15(3)24-17/h10-11,13-14,16,18H,4-9,12H2,1-3H3/t18-,22+/m1/s1. The van der Waals surface area contributed by atoms with E-state index in [1.54, 1.807) is 11.3 Å². The first-order chi connectivity index (χ1) is 14.4. The molecular formula is C22H29N5O2S. The Morgan fingerprint density at radius 2 is 2.17 bits per heavy atom. The minimum absolute atomic E-state index is 0.0464. The van der Waals surface area contributed by atoms with E-state index in [1.165, 1.54) is 0 Å². The summed E-state index contributed by atoms with van der Waals surface area (Å²) in [5.74, 6) is 0.499. The van der Waals surface area contributed by atoms with Gasteiger partial charge in [-0.2, -0.15) is 0 Å². The Labute approximate surface area is 181 Å². The number of imidazole rings is 1. The SMILES string of the molecule is Cc1nc(CN2CC[C@@]3(CN(C(=O)C4CC4)C[C@@H]3c3cn(C(C)C)cn3)C2=O)cs1. The lowest BCUT2D eigenvalue weighted by Gasteiger charge is -2.27. The first-order valence-corrected chi connectivity index (χ1v) is 11.8. The van der Waals surface area contributed by atoms with Crippen LogP contribution in [0.25, 0.3) is 0 Å². The molecule has 0 N–H and O–H groups in total. The third kappa shape index (κ3) is 3.25. The summed E-state index contributed by atoms with van der Waals surface area (Å²) in [6.45, 7) is 8.61. The van der Waals surface area contributed by atoms with Gasteiger partial charge in [0.25, 0.3) is 0 Å². The molecule has 30 heavy (non-hydrogen) atoms. The van der Waals surface area contributed by atoms with E-state index in [2.05, 4.69) is 34.6 Å². The molecule has 0 bridgehead atoms. The number of thiazole rings is 1. The van der Waals surface area contributed by atoms with Crippen molar-refractivity contribution in [3.05, 3.63) is 34.3 Å². The van der Waals surface area contributed by atoms with Crippen LogP contribution in [-0.2, 0) is 16.1 Å². The zero-order chi connectivity index (χ0) is 21.0. The van der Waals surface area contributed by atoms with E-state index >= 15 is 0 Å². The van der Waals surface area contributed by atoms with Gasteiger partial charge in [0.1, 0.15) is 0 Å². The molecule has 0 radical (unpaired) electrons. The zero-order valence-corrected chi connectivity index (χ0v) is 18.7. The number of hydrogen-bond donors (Lipinski definition) is 0. The van der Waals surface area contributed by atoms with Crippen LogP contribution in [-0.4, -0.2) is 55.8 Å². The Bertz CT molecular complexity index is 978. The first kappa shape index (κ1) is 19.7. The molecule has 8 heteroatoms. The Kier molecular flexibility index (Phi) is 4.72. The summed E-state index contributed by atoms with van der Waals surface area (Å²) in [7, 11) is 0. The summed E-state index contributed by atoms with van der Waals surface area (Å²) >= 11 is 1.62. The van der Waals surface area contributed by atoms with Gasteiger partial charge in [0.2, 0.25) is 11.8 Å². The molecule has 1 spiro atoms. The van der Waals surface area contributed by atoms with E-state index in [1.807, 2.05) is 28.4 Å². The van der Waals surface area contributed by atoms with Gasteiger partial charge in [-0.3, -0.25) is 9.59 Å². The number of carbonyl (C=O) groups excluding carboxylic acids is 2. The van der Waals surface area contributed by atoms with Crippen molar-refractivity contribution in [1.82, 2.24) is 24.3 Å². The van der Waals surface area contributed by atoms with Crippen molar-refractivity contribution < 1.29 is 9.59 Å². The Hall–Kier alpha value is -2.22. The summed E-state index contributed by atoms with van der Waals surface area (Å²) < 4.78 is 2.09. The van der Waals surface area contributed by atoms with Crippen LogP contribution < -0.4 is 0 Å². The molecule has 2 amide bonds. The fraction of sp³-hybridized carbons (Fsp3) is 0.636. The van der Waals surface area contributed by atoms with Gasteiger partial charge >= 0.3 is 0 Å². The largest absolute Gasteiger partial charge is 0.341 e. The molecule has 160 valence electrons. The molecule has 1 saturated carbocycles. The molecule has 4 heterocycles. The van der Waals surface area contributed by atoms with Gasteiger partial charge in [-0.25, -0.2) is 9.97 Å². The number of amides is 2. The highest BCUT2D eigenvalue weighted by Crippen LogP contribution is 2.51. The van der Waals surface area contributed by atoms with Crippen molar-refractivity contribution in [2.45, 2.75) is 58.5 Å². The van der Waals surface area contributed by atoms with Gasteiger partial charge in [-0.15, -0.1) is 11.3 Å². The highest BCUT2D eigenvalue weighted by molar-refractivity contribution is 7.09. The molecule has 2 aromatic heterocycles. The molecule has 0 aromatic carbocycles.